The number of hydrogen-bond acceptors (Lipinski definition) is 4. The zero-order chi connectivity index (χ0) is 15.4. The standard InChI is InChI=1S/C17H26O4/c1-10(2)20-13-14(18)16-8-5-6-12(16)7-9-17(16,19)15(13)21-11(3)4/h10-12,19H,5-9H2,1-4H3/t12-,16-,17-/m0/s1. The van der Waals surface area contributed by atoms with E-state index in [0.717, 1.165) is 25.7 Å². The molecule has 3 aliphatic carbocycles. The Bertz CT molecular complexity index is 493. The topological polar surface area (TPSA) is 55.8 Å². The van der Waals surface area contributed by atoms with Gasteiger partial charge in [0.1, 0.15) is 5.60 Å². The van der Waals surface area contributed by atoms with Crippen molar-refractivity contribution in [3.05, 3.63) is 11.5 Å². The van der Waals surface area contributed by atoms with Gasteiger partial charge in [-0.15, -0.1) is 0 Å². The minimum atomic E-state index is -1.15. The summed E-state index contributed by atoms with van der Waals surface area (Å²) in [6.45, 7) is 7.63. The van der Waals surface area contributed by atoms with Gasteiger partial charge in [0.2, 0.25) is 11.5 Å². The van der Waals surface area contributed by atoms with E-state index in [2.05, 4.69) is 0 Å². The summed E-state index contributed by atoms with van der Waals surface area (Å²) in [6.07, 6.45) is 4.11. The summed E-state index contributed by atoms with van der Waals surface area (Å²) in [5.41, 5.74) is -1.83. The molecule has 0 radical (unpaired) electrons. The molecule has 3 atom stereocenters. The SMILES string of the molecule is CC(C)OC1=C(OC(C)C)[C@@]2(O)CC[C@@H]3CCC[C@@]32C1=O. The molecule has 3 rings (SSSR count). The predicted molar refractivity (Wildman–Crippen MR) is 78.4 cm³/mol. The van der Waals surface area contributed by atoms with Gasteiger partial charge in [-0.3, -0.25) is 4.79 Å². The van der Waals surface area contributed by atoms with Gasteiger partial charge in [-0.1, -0.05) is 6.42 Å². The second kappa shape index (κ2) is 4.73. The summed E-state index contributed by atoms with van der Waals surface area (Å²) in [5.74, 6) is 0.941. The molecular weight excluding hydrogens is 268 g/mol. The number of carbonyl (C=O) groups is 1. The fraction of sp³-hybridized carbons (Fsp3) is 0.824. The molecule has 1 N–H and O–H groups in total. The number of ether oxygens (including phenoxy) is 2. The molecule has 3 aliphatic rings. The highest BCUT2D eigenvalue weighted by Gasteiger charge is 2.73. The van der Waals surface area contributed by atoms with Crippen LogP contribution < -0.4 is 0 Å². The van der Waals surface area contributed by atoms with Gasteiger partial charge >= 0.3 is 0 Å². The quantitative estimate of drug-likeness (QED) is 0.866. The molecule has 0 aliphatic heterocycles. The first kappa shape index (κ1) is 14.9. The third kappa shape index (κ3) is 1.81. The Morgan fingerprint density at radius 3 is 2.38 bits per heavy atom. The number of allylic oxidation sites excluding steroid dienone is 1. The van der Waals surface area contributed by atoms with Crippen molar-refractivity contribution in [1.82, 2.24) is 0 Å². The van der Waals surface area contributed by atoms with E-state index in [4.69, 9.17) is 9.47 Å². The van der Waals surface area contributed by atoms with Gasteiger partial charge in [-0.25, -0.2) is 0 Å². The third-order valence-corrected chi connectivity index (χ3v) is 5.31. The first-order valence-corrected chi connectivity index (χ1v) is 8.18. The van der Waals surface area contributed by atoms with E-state index in [9.17, 15) is 9.90 Å². The molecule has 0 unspecified atom stereocenters. The highest BCUT2D eigenvalue weighted by Crippen LogP contribution is 2.66. The summed E-state index contributed by atoms with van der Waals surface area (Å²) in [6, 6.07) is 0. The molecule has 0 amide bonds. The summed E-state index contributed by atoms with van der Waals surface area (Å²) in [7, 11) is 0. The number of hydrogen-bond donors (Lipinski definition) is 1. The van der Waals surface area contributed by atoms with Crippen molar-refractivity contribution in [2.75, 3.05) is 0 Å². The van der Waals surface area contributed by atoms with Crippen LogP contribution in [-0.2, 0) is 14.3 Å². The Balaban J connectivity index is 2.09. The van der Waals surface area contributed by atoms with Crippen molar-refractivity contribution in [3.63, 3.8) is 0 Å². The van der Waals surface area contributed by atoms with Crippen LogP contribution in [0.1, 0.15) is 59.8 Å². The number of ketones is 1. The minimum Gasteiger partial charge on any atom is -0.488 e. The fourth-order valence-electron chi connectivity index (χ4n) is 4.65. The van der Waals surface area contributed by atoms with E-state index >= 15 is 0 Å². The van der Waals surface area contributed by atoms with Crippen molar-refractivity contribution in [2.24, 2.45) is 11.3 Å². The Kier molecular flexibility index (Phi) is 3.36. The molecule has 0 heterocycles. The lowest BCUT2D eigenvalue weighted by atomic mass is 9.71. The smallest absolute Gasteiger partial charge is 0.210 e. The molecule has 0 saturated heterocycles. The van der Waals surface area contributed by atoms with Crippen molar-refractivity contribution >= 4 is 5.78 Å². The highest BCUT2D eigenvalue weighted by atomic mass is 16.5. The normalized spacial score (nSPS) is 38.4. The first-order valence-electron chi connectivity index (χ1n) is 8.18. The number of aliphatic hydroxyl groups is 1. The molecule has 0 bridgehead atoms. The fourth-order valence-corrected chi connectivity index (χ4v) is 4.65. The van der Waals surface area contributed by atoms with E-state index in [1.807, 2.05) is 27.7 Å². The van der Waals surface area contributed by atoms with E-state index in [1.165, 1.54) is 0 Å². The van der Waals surface area contributed by atoms with Gasteiger partial charge in [-0.2, -0.15) is 0 Å². The lowest BCUT2D eigenvalue weighted by molar-refractivity contribution is -0.139. The Morgan fingerprint density at radius 1 is 1.10 bits per heavy atom. The van der Waals surface area contributed by atoms with E-state index in [0.29, 0.717) is 12.2 Å². The second-order valence-corrected chi connectivity index (χ2v) is 7.28. The van der Waals surface area contributed by atoms with E-state index < -0.39 is 11.0 Å². The monoisotopic (exact) mass is 294 g/mol. The highest BCUT2D eigenvalue weighted by molar-refractivity contribution is 6.04. The third-order valence-electron chi connectivity index (χ3n) is 5.31. The van der Waals surface area contributed by atoms with Crippen LogP contribution in [0.5, 0.6) is 0 Å². The van der Waals surface area contributed by atoms with Gasteiger partial charge in [0.05, 0.1) is 17.6 Å². The molecule has 2 saturated carbocycles. The summed E-state index contributed by atoms with van der Waals surface area (Å²) in [5, 5.41) is 11.4. The number of Topliss-reactive ketones (excluding diaryl/α,β-unsaturated/α-hetero) is 1. The maximum atomic E-state index is 13.1. The zero-order valence-corrected chi connectivity index (χ0v) is 13.4. The molecule has 1 spiro atoms. The molecule has 21 heavy (non-hydrogen) atoms. The molecular formula is C17H26O4. The summed E-state index contributed by atoms with van der Waals surface area (Å²) in [4.78, 5) is 13.1. The van der Waals surface area contributed by atoms with Crippen LogP contribution in [0.4, 0.5) is 0 Å². The van der Waals surface area contributed by atoms with Crippen LogP contribution in [0.25, 0.3) is 0 Å². The average molecular weight is 294 g/mol. The van der Waals surface area contributed by atoms with Crippen LogP contribution in [0, 0.1) is 11.3 Å². The minimum absolute atomic E-state index is 0.0191. The van der Waals surface area contributed by atoms with Gasteiger partial charge in [0.25, 0.3) is 0 Å². The van der Waals surface area contributed by atoms with Crippen LogP contribution in [0.2, 0.25) is 0 Å². The molecule has 118 valence electrons. The number of rotatable bonds is 4. The van der Waals surface area contributed by atoms with Gasteiger partial charge in [-0.05, 0) is 59.3 Å². The Hall–Kier alpha value is -1.03. The lowest BCUT2D eigenvalue weighted by Gasteiger charge is -2.36. The zero-order valence-electron chi connectivity index (χ0n) is 13.4. The Morgan fingerprint density at radius 2 is 1.76 bits per heavy atom. The predicted octanol–water partition coefficient (Wildman–Crippen LogP) is 2.94. The van der Waals surface area contributed by atoms with Crippen LogP contribution in [0.3, 0.4) is 0 Å². The van der Waals surface area contributed by atoms with Crippen LogP contribution in [0.15, 0.2) is 11.5 Å². The molecule has 2 fully saturated rings. The van der Waals surface area contributed by atoms with Crippen LogP contribution in [-0.4, -0.2) is 28.7 Å². The summed E-state index contributed by atoms with van der Waals surface area (Å²) < 4.78 is 11.7. The van der Waals surface area contributed by atoms with Gasteiger partial charge in [0, 0.05) is 0 Å². The van der Waals surface area contributed by atoms with Crippen LogP contribution >= 0.6 is 0 Å². The van der Waals surface area contributed by atoms with Gasteiger partial charge < -0.3 is 14.6 Å². The molecule has 0 aromatic heterocycles. The van der Waals surface area contributed by atoms with Gasteiger partial charge in [0.15, 0.2) is 5.76 Å². The average Bonchev–Trinajstić information content (AvgIpc) is 2.97. The summed E-state index contributed by atoms with van der Waals surface area (Å²) >= 11 is 0. The van der Waals surface area contributed by atoms with Crippen molar-refractivity contribution in [3.8, 4) is 0 Å². The van der Waals surface area contributed by atoms with Crippen molar-refractivity contribution in [2.45, 2.75) is 77.6 Å². The molecule has 0 aromatic carbocycles. The number of carbonyl (C=O) groups excluding carboxylic acids is 1. The maximum absolute atomic E-state index is 13.1. The second-order valence-electron chi connectivity index (χ2n) is 7.28. The van der Waals surface area contributed by atoms with Crippen molar-refractivity contribution < 1.29 is 19.4 Å². The Labute approximate surface area is 126 Å². The van der Waals surface area contributed by atoms with E-state index in [-0.39, 0.29) is 29.7 Å². The first-order chi connectivity index (χ1) is 9.83. The maximum Gasteiger partial charge on any atom is 0.210 e. The lowest BCUT2D eigenvalue weighted by Crippen LogP contribution is -2.47. The molecule has 0 aromatic rings. The molecule has 4 heteroatoms. The largest absolute Gasteiger partial charge is 0.488 e. The van der Waals surface area contributed by atoms with E-state index in [1.54, 1.807) is 0 Å². The molecule has 4 nitrogen and oxygen atoms in total. The van der Waals surface area contributed by atoms with Crippen molar-refractivity contribution in [1.29, 1.82) is 0 Å².